The molecule has 0 saturated carbocycles. The minimum absolute atomic E-state index is 0.0116. The summed E-state index contributed by atoms with van der Waals surface area (Å²) in [7, 11) is 0. The Bertz CT molecular complexity index is 1240. The second-order valence-corrected chi connectivity index (χ2v) is 8.15. The first-order valence-corrected chi connectivity index (χ1v) is 10.6. The van der Waals surface area contributed by atoms with Gasteiger partial charge in [-0.25, -0.2) is 0 Å². The van der Waals surface area contributed by atoms with E-state index in [-0.39, 0.29) is 36.0 Å². The molecule has 0 radical (unpaired) electrons. The maximum atomic E-state index is 12.0. The largest absolute Gasteiger partial charge is 0.467 e. The maximum absolute atomic E-state index is 12.0. The van der Waals surface area contributed by atoms with Gasteiger partial charge in [0, 0.05) is 16.3 Å². The molecular weight excluding hydrogens is 473 g/mol. The van der Waals surface area contributed by atoms with Gasteiger partial charge in [-0.15, -0.1) is 10.2 Å². The van der Waals surface area contributed by atoms with E-state index in [4.69, 9.17) is 28.9 Å². The van der Waals surface area contributed by atoms with Gasteiger partial charge in [0.2, 0.25) is 5.91 Å². The van der Waals surface area contributed by atoms with Crippen molar-refractivity contribution in [2.45, 2.75) is 6.42 Å². The summed E-state index contributed by atoms with van der Waals surface area (Å²) in [5.41, 5.74) is 8.25. The van der Waals surface area contributed by atoms with E-state index in [0.717, 1.165) is 11.3 Å². The molecule has 0 spiro atoms. The SMILES string of the molecule is N#Cc1c(N)sc(N=Nc2cc(Cl)ccc2Cl)c1-c1cccc(NC(=O)CCOC=O)c1. The Hall–Kier alpha value is -3.45. The van der Waals surface area contributed by atoms with Gasteiger partial charge in [0.25, 0.3) is 6.47 Å². The second-order valence-electron chi connectivity index (χ2n) is 6.27. The molecule has 3 rings (SSSR count). The number of rotatable bonds is 8. The van der Waals surface area contributed by atoms with Crippen molar-refractivity contribution in [1.29, 1.82) is 5.26 Å². The molecule has 3 aromatic rings. The quantitative estimate of drug-likeness (QED) is 0.225. The first-order valence-electron chi connectivity index (χ1n) is 9.07. The Morgan fingerprint density at radius 1 is 1.25 bits per heavy atom. The fourth-order valence-electron chi connectivity index (χ4n) is 2.72. The normalized spacial score (nSPS) is 10.7. The second kappa shape index (κ2) is 10.7. The molecule has 3 N–H and O–H groups in total. The maximum Gasteiger partial charge on any atom is 0.293 e. The number of nitrogen functional groups attached to an aromatic ring is 1. The van der Waals surface area contributed by atoms with E-state index in [1.165, 1.54) is 0 Å². The lowest BCUT2D eigenvalue weighted by Crippen LogP contribution is -2.13. The predicted molar refractivity (Wildman–Crippen MR) is 125 cm³/mol. The topological polar surface area (TPSA) is 130 Å². The summed E-state index contributed by atoms with van der Waals surface area (Å²) in [4.78, 5) is 22.2. The van der Waals surface area contributed by atoms with Crippen LogP contribution in [0, 0.1) is 11.3 Å². The van der Waals surface area contributed by atoms with Gasteiger partial charge in [-0.05, 0) is 35.9 Å². The van der Waals surface area contributed by atoms with Gasteiger partial charge >= 0.3 is 0 Å². The summed E-state index contributed by atoms with van der Waals surface area (Å²) in [5.74, 6) is -0.329. The van der Waals surface area contributed by atoms with Crippen molar-refractivity contribution in [2.75, 3.05) is 17.7 Å². The van der Waals surface area contributed by atoms with Crippen LogP contribution in [-0.4, -0.2) is 19.0 Å². The number of thiophene rings is 1. The van der Waals surface area contributed by atoms with E-state index in [0.29, 0.717) is 37.5 Å². The number of ether oxygens (including phenoxy) is 1. The van der Waals surface area contributed by atoms with Crippen LogP contribution in [0.2, 0.25) is 10.0 Å². The Morgan fingerprint density at radius 2 is 2.06 bits per heavy atom. The smallest absolute Gasteiger partial charge is 0.293 e. The molecule has 1 aromatic heterocycles. The van der Waals surface area contributed by atoms with Crippen molar-refractivity contribution in [3.63, 3.8) is 0 Å². The Balaban J connectivity index is 1.95. The molecule has 0 unspecified atom stereocenters. The molecule has 32 heavy (non-hydrogen) atoms. The molecule has 162 valence electrons. The molecule has 0 aliphatic carbocycles. The van der Waals surface area contributed by atoms with Crippen LogP contribution in [0.25, 0.3) is 11.1 Å². The summed E-state index contributed by atoms with van der Waals surface area (Å²) in [6.07, 6.45) is 0.0116. The minimum Gasteiger partial charge on any atom is -0.467 e. The number of anilines is 2. The molecule has 0 saturated heterocycles. The average molecular weight is 488 g/mol. The van der Waals surface area contributed by atoms with Gasteiger partial charge in [0.15, 0.2) is 0 Å². The highest BCUT2D eigenvalue weighted by molar-refractivity contribution is 7.20. The molecular formula is C21H15Cl2N5O3S. The first kappa shape index (κ1) is 23.2. The average Bonchev–Trinajstić information content (AvgIpc) is 3.09. The van der Waals surface area contributed by atoms with Crippen LogP contribution >= 0.6 is 34.5 Å². The van der Waals surface area contributed by atoms with Gasteiger partial charge in [-0.1, -0.05) is 46.7 Å². The summed E-state index contributed by atoms with van der Waals surface area (Å²) >= 11 is 13.2. The van der Waals surface area contributed by atoms with E-state index >= 15 is 0 Å². The summed E-state index contributed by atoms with van der Waals surface area (Å²) in [5, 5.41) is 22.3. The lowest BCUT2D eigenvalue weighted by atomic mass is 10.0. The number of nitriles is 1. The highest BCUT2D eigenvalue weighted by atomic mass is 35.5. The van der Waals surface area contributed by atoms with E-state index in [9.17, 15) is 14.9 Å². The Labute approximate surface area is 197 Å². The molecule has 0 aliphatic heterocycles. The van der Waals surface area contributed by atoms with Crippen LogP contribution < -0.4 is 11.1 Å². The van der Waals surface area contributed by atoms with Gasteiger partial charge in [-0.3, -0.25) is 9.59 Å². The Kier molecular flexibility index (Phi) is 7.78. The van der Waals surface area contributed by atoms with Crippen LogP contribution in [0.1, 0.15) is 12.0 Å². The van der Waals surface area contributed by atoms with Crippen molar-refractivity contribution in [3.05, 3.63) is 58.1 Å². The molecule has 1 heterocycles. The number of hydrogen-bond donors (Lipinski definition) is 2. The molecule has 0 fully saturated rings. The lowest BCUT2D eigenvalue weighted by Gasteiger charge is -2.08. The van der Waals surface area contributed by atoms with Gasteiger partial charge < -0.3 is 15.8 Å². The van der Waals surface area contributed by atoms with E-state index in [1.807, 2.05) is 0 Å². The minimum atomic E-state index is -0.329. The zero-order valence-electron chi connectivity index (χ0n) is 16.3. The lowest BCUT2D eigenvalue weighted by molar-refractivity contribution is -0.129. The van der Waals surface area contributed by atoms with Gasteiger partial charge in [-0.2, -0.15) is 5.26 Å². The number of benzene rings is 2. The third-order valence-electron chi connectivity index (χ3n) is 4.14. The van der Waals surface area contributed by atoms with Crippen molar-refractivity contribution < 1.29 is 14.3 Å². The van der Waals surface area contributed by atoms with Crippen LogP contribution in [0.4, 0.5) is 21.4 Å². The fraction of sp³-hybridized carbons (Fsp3) is 0.0952. The van der Waals surface area contributed by atoms with Gasteiger partial charge in [0.05, 0.1) is 23.6 Å². The van der Waals surface area contributed by atoms with Crippen LogP contribution in [0.5, 0.6) is 0 Å². The highest BCUT2D eigenvalue weighted by Gasteiger charge is 2.19. The number of azo groups is 1. The van der Waals surface area contributed by atoms with Crippen LogP contribution in [0.15, 0.2) is 52.7 Å². The van der Waals surface area contributed by atoms with Gasteiger partial charge in [0.1, 0.15) is 21.8 Å². The number of hydrogen-bond acceptors (Lipinski definition) is 8. The zero-order valence-corrected chi connectivity index (χ0v) is 18.7. The molecule has 0 atom stereocenters. The number of amides is 1. The molecule has 0 bridgehead atoms. The van der Waals surface area contributed by atoms with E-state index in [2.05, 4.69) is 26.4 Å². The molecule has 11 heteroatoms. The number of carbonyl (C=O) groups is 2. The third-order valence-corrected chi connectivity index (χ3v) is 5.59. The zero-order chi connectivity index (χ0) is 23.1. The number of halogens is 2. The summed E-state index contributed by atoms with van der Waals surface area (Å²) in [6.45, 7) is 0.260. The molecule has 2 aromatic carbocycles. The fourth-order valence-corrected chi connectivity index (χ4v) is 3.91. The molecule has 0 aliphatic rings. The number of nitrogens with one attached hydrogen (secondary N) is 1. The van der Waals surface area contributed by atoms with E-state index < -0.39 is 0 Å². The van der Waals surface area contributed by atoms with Crippen molar-refractivity contribution in [1.82, 2.24) is 0 Å². The number of nitrogens with zero attached hydrogens (tertiary/aromatic N) is 3. The monoisotopic (exact) mass is 487 g/mol. The standard InChI is InChI=1S/C21H15Cl2N5O3S/c22-13-4-5-16(23)17(9-13)27-28-21-19(15(10-24)20(25)32-21)12-2-1-3-14(8-12)26-18(30)6-7-31-11-29/h1-5,8-9,11H,6-7,25H2,(H,26,30). The van der Waals surface area contributed by atoms with Crippen molar-refractivity contribution in [3.8, 4) is 17.2 Å². The molecule has 1 amide bonds. The molecule has 8 nitrogen and oxygen atoms in total. The van der Waals surface area contributed by atoms with Crippen molar-refractivity contribution in [2.24, 2.45) is 10.2 Å². The Morgan fingerprint density at radius 3 is 2.81 bits per heavy atom. The first-order chi connectivity index (χ1) is 15.4. The van der Waals surface area contributed by atoms with Crippen molar-refractivity contribution >= 4 is 68.3 Å². The predicted octanol–water partition coefficient (Wildman–Crippen LogP) is 6.09. The third kappa shape index (κ3) is 5.62. The summed E-state index contributed by atoms with van der Waals surface area (Å²) in [6, 6.07) is 13.8. The number of carbonyl (C=O) groups excluding carboxylic acids is 2. The summed E-state index contributed by atoms with van der Waals surface area (Å²) < 4.78 is 4.53. The number of nitrogens with two attached hydrogens (primary N) is 1. The van der Waals surface area contributed by atoms with E-state index in [1.54, 1.807) is 42.5 Å². The highest BCUT2D eigenvalue weighted by Crippen LogP contribution is 2.45. The van der Waals surface area contributed by atoms with Crippen LogP contribution in [-0.2, 0) is 14.3 Å². The van der Waals surface area contributed by atoms with Crippen LogP contribution in [0.3, 0.4) is 0 Å².